The van der Waals surface area contributed by atoms with Crippen LogP contribution in [0.3, 0.4) is 0 Å². The molecule has 2 heterocycles. The molecule has 0 unspecified atom stereocenters. The van der Waals surface area contributed by atoms with Crippen LogP contribution in [0.25, 0.3) is 11.0 Å². The van der Waals surface area contributed by atoms with Crippen molar-refractivity contribution in [2.24, 2.45) is 0 Å². The zero-order valence-corrected chi connectivity index (χ0v) is 19.4. The second-order valence-electron chi connectivity index (χ2n) is 7.57. The highest BCUT2D eigenvalue weighted by Gasteiger charge is 2.26. The van der Waals surface area contributed by atoms with Gasteiger partial charge in [-0.3, -0.25) is 4.79 Å². The van der Waals surface area contributed by atoms with E-state index < -0.39 is 15.8 Å². The molecule has 170 valence electrons. The summed E-state index contributed by atoms with van der Waals surface area (Å²) in [6, 6.07) is 11.0. The quantitative estimate of drug-likeness (QED) is 0.519. The average Bonchev–Trinajstić information content (AvgIpc) is 3.16. The van der Waals surface area contributed by atoms with E-state index in [0.717, 1.165) is 24.8 Å². The first-order valence-corrected chi connectivity index (χ1v) is 13.0. The number of benzene rings is 2. The predicted octanol–water partition coefficient (Wildman–Crippen LogP) is 4.10. The van der Waals surface area contributed by atoms with Gasteiger partial charge in [0.2, 0.25) is 15.9 Å². The largest absolute Gasteiger partial charge is 0.323 e. The number of carbonyl (C=O) groups excluding carboxylic acids is 1. The standard InChI is InChI=1S/C22H25FN4O3S2/c1-2-27-20-11-10-16(32(29,30)26-12-6-3-7-13-26)14-19(20)25-22(27)31-15-21(28)24-18-9-5-4-8-17(18)23/h4-5,8-11,14H,2-3,6-7,12-13,15H2,1H3,(H,24,28). The van der Waals surface area contributed by atoms with Gasteiger partial charge in [0.25, 0.3) is 0 Å². The molecule has 1 aromatic heterocycles. The molecule has 0 radical (unpaired) electrons. The number of imidazole rings is 1. The first-order chi connectivity index (χ1) is 15.4. The van der Waals surface area contributed by atoms with Crippen LogP contribution in [-0.4, -0.2) is 47.0 Å². The SMILES string of the molecule is CCn1c(SCC(=O)Nc2ccccc2F)nc2cc(S(=O)(=O)N3CCCCC3)ccc21. The third kappa shape index (κ3) is 4.67. The summed E-state index contributed by atoms with van der Waals surface area (Å²) in [5.41, 5.74) is 1.51. The Bertz CT molecular complexity index is 1240. The van der Waals surface area contributed by atoms with Crippen LogP contribution in [-0.2, 0) is 21.4 Å². The molecule has 3 aromatic rings. The average molecular weight is 477 g/mol. The maximum Gasteiger partial charge on any atom is 0.243 e. The van der Waals surface area contributed by atoms with Crippen LogP contribution in [0.2, 0.25) is 0 Å². The van der Waals surface area contributed by atoms with E-state index in [-0.39, 0.29) is 22.2 Å². The fraction of sp³-hybridized carbons (Fsp3) is 0.364. The Labute approximate surface area is 191 Å². The molecule has 1 amide bonds. The van der Waals surface area contributed by atoms with Crippen molar-refractivity contribution in [2.75, 3.05) is 24.2 Å². The number of nitrogens with one attached hydrogen (secondary N) is 1. The lowest BCUT2D eigenvalue weighted by Crippen LogP contribution is -2.35. The normalized spacial score (nSPS) is 15.2. The second-order valence-corrected chi connectivity index (χ2v) is 10.5. The van der Waals surface area contributed by atoms with E-state index in [1.807, 2.05) is 11.5 Å². The maximum absolute atomic E-state index is 13.7. The van der Waals surface area contributed by atoms with E-state index in [1.165, 1.54) is 28.2 Å². The zero-order chi connectivity index (χ0) is 22.7. The molecular formula is C22H25FN4O3S2. The number of hydrogen-bond donors (Lipinski definition) is 1. The number of aromatic nitrogens is 2. The monoisotopic (exact) mass is 476 g/mol. The number of thioether (sulfide) groups is 1. The minimum Gasteiger partial charge on any atom is -0.323 e. The van der Waals surface area contributed by atoms with Gasteiger partial charge in [-0.2, -0.15) is 4.31 Å². The second kappa shape index (κ2) is 9.60. The topological polar surface area (TPSA) is 84.3 Å². The molecule has 0 saturated carbocycles. The summed E-state index contributed by atoms with van der Waals surface area (Å²) in [5, 5.41) is 3.17. The smallest absolute Gasteiger partial charge is 0.243 e. The van der Waals surface area contributed by atoms with Gasteiger partial charge >= 0.3 is 0 Å². The van der Waals surface area contributed by atoms with Crippen molar-refractivity contribution in [3.8, 4) is 0 Å². The number of piperidine rings is 1. The van der Waals surface area contributed by atoms with Gasteiger partial charge in [-0.25, -0.2) is 17.8 Å². The van der Waals surface area contributed by atoms with Crippen molar-refractivity contribution in [1.29, 1.82) is 0 Å². The van der Waals surface area contributed by atoms with Gasteiger partial charge in [-0.15, -0.1) is 0 Å². The highest BCUT2D eigenvalue weighted by molar-refractivity contribution is 7.99. The summed E-state index contributed by atoms with van der Waals surface area (Å²) in [6.07, 6.45) is 2.81. The molecule has 7 nitrogen and oxygen atoms in total. The lowest BCUT2D eigenvalue weighted by molar-refractivity contribution is -0.113. The Kier molecular flexibility index (Phi) is 6.82. The number of halogens is 1. The van der Waals surface area contributed by atoms with E-state index in [2.05, 4.69) is 10.3 Å². The molecule has 1 aliphatic heterocycles. The number of carbonyl (C=O) groups is 1. The van der Waals surface area contributed by atoms with Crippen LogP contribution >= 0.6 is 11.8 Å². The third-order valence-corrected chi connectivity index (χ3v) is 8.31. The van der Waals surface area contributed by atoms with Gasteiger partial charge in [0.15, 0.2) is 5.16 Å². The van der Waals surface area contributed by atoms with Crippen molar-refractivity contribution >= 4 is 44.4 Å². The number of fused-ring (bicyclic) bond motifs is 1. The molecule has 10 heteroatoms. The highest BCUT2D eigenvalue weighted by Crippen LogP contribution is 2.28. The number of anilines is 1. The van der Waals surface area contributed by atoms with E-state index >= 15 is 0 Å². The van der Waals surface area contributed by atoms with Gasteiger partial charge in [-0.1, -0.05) is 30.3 Å². The summed E-state index contributed by atoms with van der Waals surface area (Å²) < 4.78 is 43.2. The number of sulfonamides is 1. The Hall–Kier alpha value is -2.43. The lowest BCUT2D eigenvalue weighted by atomic mass is 10.2. The van der Waals surface area contributed by atoms with Crippen LogP contribution < -0.4 is 5.32 Å². The molecule has 1 fully saturated rings. The molecule has 0 spiro atoms. The first-order valence-electron chi connectivity index (χ1n) is 10.6. The first kappa shape index (κ1) is 22.8. The lowest BCUT2D eigenvalue weighted by Gasteiger charge is -2.25. The fourth-order valence-corrected chi connectivity index (χ4v) is 6.21. The van der Waals surface area contributed by atoms with Gasteiger partial charge in [-0.05, 0) is 50.1 Å². The van der Waals surface area contributed by atoms with Crippen molar-refractivity contribution in [2.45, 2.75) is 42.8 Å². The van der Waals surface area contributed by atoms with Crippen molar-refractivity contribution in [3.63, 3.8) is 0 Å². The van der Waals surface area contributed by atoms with Gasteiger partial charge in [0.1, 0.15) is 5.82 Å². The maximum atomic E-state index is 13.7. The molecule has 1 saturated heterocycles. The van der Waals surface area contributed by atoms with Crippen molar-refractivity contribution < 1.29 is 17.6 Å². The van der Waals surface area contributed by atoms with Gasteiger partial charge in [0, 0.05) is 19.6 Å². The van der Waals surface area contributed by atoms with E-state index in [0.29, 0.717) is 30.3 Å². The molecule has 1 aliphatic rings. The molecule has 2 aromatic carbocycles. The number of aryl methyl sites for hydroxylation is 1. The highest BCUT2D eigenvalue weighted by atomic mass is 32.2. The van der Waals surface area contributed by atoms with Gasteiger partial charge < -0.3 is 9.88 Å². The minimum absolute atomic E-state index is 0.0522. The molecular weight excluding hydrogens is 451 g/mol. The Morgan fingerprint density at radius 1 is 1.16 bits per heavy atom. The summed E-state index contributed by atoms with van der Waals surface area (Å²) in [4.78, 5) is 17.1. The zero-order valence-electron chi connectivity index (χ0n) is 17.8. The van der Waals surface area contributed by atoms with Crippen LogP contribution in [0.4, 0.5) is 10.1 Å². The van der Waals surface area contributed by atoms with Crippen LogP contribution in [0.15, 0.2) is 52.5 Å². The Morgan fingerprint density at radius 2 is 1.91 bits per heavy atom. The number of hydrogen-bond acceptors (Lipinski definition) is 5. The minimum atomic E-state index is -3.55. The number of para-hydroxylation sites is 1. The Morgan fingerprint density at radius 3 is 2.62 bits per heavy atom. The molecule has 32 heavy (non-hydrogen) atoms. The predicted molar refractivity (Wildman–Crippen MR) is 124 cm³/mol. The summed E-state index contributed by atoms with van der Waals surface area (Å²) in [5.74, 6) is -0.784. The summed E-state index contributed by atoms with van der Waals surface area (Å²) in [7, 11) is -3.55. The van der Waals surface area contributed by atoms with Crippen molar-refractivity contribution in [3.05, 3.63) is 48.3 Å². The van der Waals surface area contributed by atoms with Crippen LogP contribution in [0, 0.1) is 5.82 Å². The van der Waals surface area contributed by atoms with E-state index in [4.69, 9.17) is 0 Å². The third-order valence-electron chi connectivity index (χ3n) is 5.43. The van der Waals surface area contributed by atoms with E-state index in [9.17, 15) is 17.6 Å². The molecule has 0 atom stereocenters. The Balaban J connectivity index is 1.53. The summed E-state index contributed by atoms with van der Waals surface area (Å²) >= 11 is 1.23. The number of nitrogens with zero attached hydrogens (tertiary/aromatic N) is 3. The van der Waals surface area contributed by atoms with Crippen LogP contribution in [0.5, 0.6) is 0 Å². The summed E-state index contributed by atoms with van der Waals surface area (Å²) in [6.45, 7) is 3.67. The number of amides is 1. The van der Waals surface area contributed by atoms with Crippen LogP contribution in [0.1, 0.15) is 26.2 Å². The molecule has 1 N–H and O–H groups in total. The van der Waals surface area contributed by atoms with E-state index in [1.54, 1.807) is 30.3 Å². The molecule has 4 rings (SSSR count). The number of rotatable bonds is 7. The fourth-order valence-electron chi connectivity index (χ4n) is 3.80. The molecule has 0 aliphatic carbocycles. The van der Waals surface area contributed by atoms with Gasteiger partial charge in [0.05, 0.1) is 27.4 Å². The molecule has 0 bridgehead atoms. The van der Waals surface area contributed by atoms with Crippen molar-refractivity contribution in [1.82, 2.24) is 13.9 Å².